The van der Waals surface area contributed by atoms with Gasteiger partial charge < -0.3 is 55.5 Å². The molecule has 13 heteroatoms. The van der Waals surface area contributed by atoms with Crippen LogP contribution in [0.15, 0.2) is 0 Å². The third-order valence-corrected chi connectivity index (χ3v) is 21.0. The summed E-state index contributed by atoms with van der Waals surface area (Å²) in [5, 5.41) is 0. The molecule has 37 heavy (non-hydrogen) atoms. The number of hydrogen-bond acceptors (Lipinski definition) is 6. The maximum Gasteiger partial charge on any atom is 2.00 e. The Morgan fingerprint density at radius 1 is 0.432 bits per heavy atom. The molecule has 0 aliphatic rings. The van der Waals surface area contributed by atoms with Crippen LogP contribution < -0.4 is 19.6 Å². The molecule has 0 N–H and O–H groups in total. The van der Waals surface area contributed by atoms with Crippen LogP contribution in [0.3, 0.4) is 0 Å². The smallest absolute Gasteiger partial charge is 0.854 e. The van der Waals surface area contributed by atoms with Crippen molar-refractivity contribution in [1.82, 2.24) is 0 Å². The van der Waals surface area contributed by atoms with Crippen molar-refractivity contribution in [2.45, 2.75) is 107 Å². The molecule has 0 aliphatic heterocycles. The Morgan fingerprint density at radius 2 is 0.568 bits per heavy atom. The van der Waals surface area contributed by atoms with Gasteiger partial charge in [-0.2, -0.15) is 0 Å². The fraction of sp³-hybridized carbons (Fsp3) is 1.00. The van der Waals surface area contributed by atoms with E-state index in [1.807, 2.05) is 0 Å². The third-order valence-electron chi connectivity index (χ3n) is 6.96. The fourth-order valence-electron chi connectivity index (χ4n) is 3.69. The molecule has 212 valence electrons. The summed E-state index contributed by atoms with van der Waals surface area (Å²) in [7, 11) is -1.17. The third kappa shape index (κ3) is 25.0. The quantitative estimate of drug-likeness (QED) is 0.126. The molecule has 0 aromatic rings. The van der Waals surface area contributed by atoms with E-state index in [0.29, 0.717) is 23.7 Å². The summed E-state index contributed by atoms with van der Waals surface area (Å²) in [6, 6.07) is 0. The van der Waals surface area contributed by atoms with Gasteiger partial charge in [-0.05, 0) is 46.7 Å². The predicted molar refractivity (Wildman–Crippen MR) is 159 cm³/mol. The van der Waals surface area contributed by atoms with Gasteiger partial charge in [0.1, 0.15) is 0 Å². The maximum absolute atomic E-state index is 11.7. The molecule has 0 radical (unpaired) electrons. The zero-order valence-corrected chi connectivity index (χ0v) is 39.0. The molecule has 0 amide bonds. The van der Waals surface area contributed by atoms with Crippen molar-refractivity contribution in [2.75, 3.05) is 23.0 Å². The molecule has 0 aliphatic carbocycles. The van der Waals surface area contributed by atoms with Crippen molar-refractivity contribution in [1.29, 1.82) is 0 Å². The average molecular weight is 791 g/mol. The summed E-state index contributed by atoms with van der Waals surface area (Å²) >= 11 is 9.49. The molecule has 0 saturated carbocycles. The van der Waals surface area contributed by atoms with Crippen molar-refractivity contribution < 1.29 is 78.0 Å². The van der Waals surface area contributed by atoms with Crippen molar-refractivity contribution in [3.05, 3.63) is 0 Å². The molecule has 0 fully saturated rings. The molecule has 4 nitrogen and oxygen atoms in total. The normalized spacial score (nSPS) is 12.0. The average Bonchev–Trinajstić information content (AvgIpc) is 2.78. The van der Waals surface area contributed by atoms with E-state index in [2.05, 4.69) is 55.4 Å². The Balaban J connectivity index is -0.000000171. The SMILES string of the molecule is CCC(CC)CS(CC(CC)CC)=P([O-])([O-])[S-].CCC(CC)CS(CC(CC)CC)=P([O-])([O-])[S-].[Zn+2].[Zn+2].[Zn+2]. The van der Waals surface area contributed by atoms with Crippen LogP contribution in [0.25, 0.3) is 0 Å². The van der Waals surface area contributed by atoms with E-state index in [1.54, 1.807) is 0 Å². The molecule has 0 saturated heterocycles. The molecule has 0 rings (SSSR count). The molecule has 0 aromatic carbocycles. The number of hydrogen-bond donors (Lipinski definition) is 0. The van der Waals surface area contributed by atoms with Crippen LogP contribution in [0.4, 0.5) is 0 Å². The van der Waals surface area contributed by atoms with Gasteiger partial charge in [-0.1, -0.05) is 107 Å². The van der Waals surface area contributed by atoms with E-state index in [-0.39, 0.29) is 58.4 Å². The predicted octanol–water partition coefficient (Wildman–Crippen LogP) is 4.84. The van der Waals surface area contributed by atoms with Gasteiger partial charge >= 0.3 is 58.4 Å². The molecule has 0 heterocycles. The van der Waals surface area contributed by atoms with Crippen LogP contribution in [0.2, 0.25) is 0 Å². The molecule has 0 spiro atoms. The van der Waals surface area contributed by atoms with Crippen LogP contribution in [0.5, 0.6) is 0 Å². The minimum atomic E-state index is -3.58. The minimum absolute atomic E-state index is 0. The Hall–Kier alpha value is 3.97. The zero-order chi connectivity index (χ0) is 26.9. The molecule has 0 bridgehead atoms. The second kappa shape index (κ2) is 28.7. The van der Waals surface area contributed by atoms with E-state index < -0.39 is 31.5 Å². The summed E-state index contributed by atoms with van der Waals surface area (Å²) < 4.78 is 0. The minimum Gasteiger partial charge on any atom is -0.854 e. The van der Waals surface area contributed by atoms with Gasteiger partial charge in [0.05, 0.1) is 0 Å². The summed E-state index contributed by atoms with van der Waals surface area (Å²) in [4.78, 5) is 46.9. The first kappa shape index (κ1) is 50.6. The monoisotopic (exact) mass is 786 g/mol. The van der Waals surface area contributed by atoms with Crippen molar-refractivity contribution in [3.8, 4) is 0 Å². The van der Waals surface area contributed by atoms with Gasteiger partial charge in [0.2, 0.25) is 0 Å². The van der Waals surface area contributed by atoms with Gasteiger partial charge in [0, 0.05) is 0 Å². The molecular formula is C24H52O4P2S4Zn3. The molecule has 0 atom stereocenters. The second-order valence-electron chi connectivity index (χ2n) is 9.22. The molecular weight excluding hydrogens is 739 g/mol. The van der Waals surface area contributed by atoms with Gasteiger partial charge in [-0.25, -0.2) is 20.1 Å². The van der Waals surface area contributed by atoms with E-state index >= 15 is 0 Å². The Bertz CT molecular complexity index is 531. The Kier molecular flexibility index (Phi) is 39.3. The van der Waals surface area contributed by atoms with Gasteiger partial charge in [-0.3, -0.25) is 0 Å². The van der Waals surface area contributed by atoms with Gasteiger partial charge in [-0.15, -0.1) is 0 Å². The largest absolute Gasteiger partial charge is 2.00 e. The van der Waals surface area contributed by atoms with Crippen LogP contribution in [0.1, 0.15) is 107 Å². The topological polar surface area (TPSA) is 92.2 Å². The summed E-state index contributed by atoms with van der Waals surface area (Å²) in [6.45, 7) is 17.0. The van der Waals surface area contributed by atoms with Crippen LogP contribution in [0, 0.1) is 23.7 Å². The van der Waals surface area contributed by atoms with Crippen molar-refractivity contribution in [3.63, 3.8) is 0 Å². The first-order valence-electron chi connectivity index (χ1n) is 13.2. The van der Waals surface area contributed by atoms with E-state index in [1.165, 1.54) is 0 Å². The van der Waals surface area contributed by atoms with E-state index in [0.717, 1.165) is 74.4 Å². The summed E-state index contributed by atoms with van der Waals surface area (Å²) in [6.07, 6.45) is 8.43. The van der Waals surface area contributed by atoms with Crippen LogP contribution in [-0.2, 0) is 103 Å². The van der Waals surface area contributed by atoms with E-state index in [9.17, 15) is 19.6 Å². The Morgan fingerprint density at radius 3 is 0.649 bits per heavy atom. The fourth-order valence-corrected chi connectivity index (χ4v) is 15.7. The summed E-state index contributed by atoms with van der Waals surface area (Å²) in [5.41, 5.74) is -7.15. The van der Waals surface area contributed by atoms with Crippen LogP contribution >= 0.6 is 11.4 Å². The Labute approximate surface area is 284 Å². The standard InChI is InChI=1S/2C12H26O2PS2.3Zn/c2*1-5-11(6-2)9-17(15(13,14)16)10-12(7-3)8-4;;;/h2*11-12H,5-10H2,1-4H3;;;/q2*-3;3*+2. The van der Waals surface area contributed by atoms with Crippen molar-refractivity contribution >= 4 is 56.0 Å². The summed E-state index contributed by atoms with van der Waals surface area (Å²) in [5.74, 6) is 5.19. The van der Waals surface area contributed by atoms with Crippen molar-refractivity contribution in [2.24, 2.45) is 23.7 Å². The first-order valence-corrected chi connectivity index (χ1v) is 22.8. The van der Waals surface area contributed by atoms with E-state index in [4.69, 9.17) is 24.5 Å². The molecule has 0 aromatic heterocycles. The zero-order valence-electron chi connectivity index (χ0n) is 25.1. The van der Waals surface area contributed by atoms with Gasteiger partial charge in [0.25, 0.3) is 0 Å². The maximum atomic E-state index is 11.7. The van der Waals surface area contributed by atoms with Crippen LogP contribution in [-0.4, -0.2) is 23.0 Å². The number of rotatable bonds is 16. The second-order valence-corrected chi connectivity index (χ2v) is 24.4. The van der Waals surface area contributed by atoms with Gasteiger partial charge in [0.15, 0.2) is 0 Å². The molecule has 0 unspecified atom stereocenters. The first-order chi connectivity index (χ1) is 15.8.